The minimum Gasteiger partial charge on any atom is -0.494 e. The molecule has 3 N–H and O–H groups in total. The predicted octanol–water partition coefficient (Wildman–Crippen LogP) is 6.54. The molecular weight excluding hydrogens is 620 g/mol. The molecule has 0 aliphatic rings. The van der Waals surface area contributed by atoms with Crippen LogP contribution in [0, 0.1) is 0 Å². The molecule has 256 valence electrons. The Kier molecular flexibility index (Phi) is 11.4. The highest BCUT2D eigenvalue weighted by atomic mass is 16.5. The maximum atomic E-state index is 14.4. The van der Waals surface area contributed by atoms with E-state index in [-0.39, 0.29) is 30.0 Å². The predicted molar refractivity (Wildman–Crippen MR) is 192 cm³/mol. The number of ether oxygens (including phenoxy) is 1. The molecule has 5 rings (SSSR count). The van der Waals surface area contributed by atoms with E-state index in [1.54, 1.807) is 27.8 Å². The van der Waals surface area contributed by atoms with Crippen LogP contribution in [0.5, 0.6) is 5.75 Å². The van der Waals surface area contributed by atoms with Crippen LogP contribution in [0.2, 0.25) is 0 Å². The molecule has 12 nitrogen and oxygen atoms in total. The first kappa shape index (κ1) is 34.8. The van der Waals surface area contributed by atoms with Gasteiger partial charge in [-0.05, 0) is 59.2 Å². The average Bonchev–Trinajstić information content (AvgIpc) is 3.60. The lowest BCUT2D eigenvalue weighted by Gasteiger charge is -2.22. The third-order valence-electron chi connectivity index (χ3n) is 8.19. The van der Waals surface area contributed by atoms with Crippen LogP contribution in [-0.2, 0) is 17.9 Å². The summed E-state index contributed by atoms with van der Waals surface area (Å²) >= 11 is 0. The highest BCUT2D eigenvalue weighted by Crippen LogP contribution is 2.36. The third kappa shape index (κ3) is 8.50. The summed E-state index contributed by atoms with van der Waals surface area (Å²) in [5.41, 5.74) is 4.18. The summed E-state index contributed by atoms with van der Waals surface area (Å²) in [5.74, 6) is 0.801. The highest BCUT2D eigenvalue weighted by molar-refractivity contribution is 6.07. The van der Waals surface area contributed by atoms with Crippen molar-refractivity contribution in [3.63, 3.8) is 0 Å². The van der Waals surface area contributed by atoms with E-state index in [1.165, 1.54) is 13.3 Å². The summed E-state index contributed by atoms with van der Waals surface area (Å²) in [6.07, 6.45) is 6.02. The van der Waals surface area contributed by atoms with Crippen LogP contribution in [0.3, 0.4) is 0 Å². The van der Waals surface area contributed by atoms with Crippen LogP contribution in [0.1, 0.15) is 70.4 Å². The lowest BCUT2D eigenvalue weighted by atomic mass is 9.93. The highest BCUT2D eigenvalue weighted by Gasteiger charge is 2.23. The number of nitrogens with one attached hydrogen (secondary N) is 3. The number of benzene rings is 2. The van der Waals surface area contributed by atoms with Crippen LogP contribution in [0.15, 0.2) is 78.2 Å². The zero-order valence-electron chi connectivity index (χ0n) is 28.7. The zero-order chi connectivity index (χ0) is 34.9. The van der Waals surface area contributed by atoms with E-state index in [0.29, 0.717) is 54.0 Å². The van der Waals surface area contributed by atoms with Crippen LogP contribution in [0.4, 0.5) is 16.2 Å². The molecule has 0 spiro atoms. The fourth-order valence-corrected chi connectivity index (χ4v) is 5.86. The maximum absolute atomic E-state index is 14.4. The lowest BCUT2D eigenvalue weighted by molar-refractivity contribution is -0.118. The molecule has 12 heteroatoms. The molecule has 0 aliphatic heterocycles. The molecule has 0 aliphatic carbocycles. The number of aromatic nitrogens is 5. The van der Waals surface area contributed by atoms with Crippen molar-refractivity contribution in [3.05, 3.63) is 94.9 Å². The number of aryl methyl sites for hydroxylation is 2. The van der Waals surface area contributed by atoms with Crippen molar-refractivity contribution in [3.8, 4) is 16.9 Å². The number of hydrogen-bond donors (Lipinski definition) is 3. The zero-order valence-corrected chi connectivity index (χ0v) is 28.7. The number of anilines is 2. The van der Waals surface area contributed by atoms with Crippen molar-refractivity contribution >= 4 is 34.3 Å². The molecule has 3 aromatic heterocycles. The molecule has 0 fully saturated rings. The van der Waals surface area contributed by atoms with E-state index in [4.69, 9.17) is 4.74 Å². The first-order chi connectivity index (χ1) is 23.6. The van der Waals surface area contributed by atoms with E-state index in [9.17, 15) is 14.4 Å². The van der Waals surface area contributed by atoms with Gasteiger partial charge in [-0.1, -0.05) is 58.0 Å². The minimum absolute atomic E-state index is 0.119. The molecule has 0 unspecified atom stereocenters. The summed E-state index contributed by atoms with van der Waals surface area (Å²) in [6, 6.07) is 16.7. The van der Waals surface area contributed by atoms with E-state index in [1.807, 2.05) is 48.5 Å². The second-order valence-corrected chi connectivity index (χ2v) is 12.5. The molecule has 0 bridgehead atoms. The summed E-state index contributed by atoms with van der Waals surface area (Å²) < 4.78 is 9.40. The Labute approximate surface area is 285 Å². The van der Waals surface area contributed by atoms with Crippen LogP contribution in [-0.4, -0.2) is 49.4 Å². The van der Waals surface area contributed by atoms with Crippen molar-refractivity contribution in [2.75, 3.05) is 23.8 Å². The number of rotatable bonds is 14. The topological polar surface area (TPSA) is 145 Å². The molecule has 0 atom stereocenters. The average molecular weight is 665 g/mol. The molecule has 49 heavy (non-hydrogen) atoms. The fourth-order valence-electron chi connectivity index (χ4n) is 5.86. The fraction of sp³-hybridized carbons (Fsp3) is 0.351. The van der Waals surface area contributed by atoms with Gasteiger partial charge in [0.05, 0.1) is 6.61 Å². The van der Waals surface area contributed by atoms with Gasteiger partial charge in [0.1, 0.15) is 29.7 Å². The van der Waals surface area contributed by atoms with Crippen LogP contribution < -0.4 is 26.2 Å². The monoisotopic (exact) mass is 664 g/mol. The number of urea groups is 1. The van der Waals surface area contributed by atoms with Gasteiger partial charge in [0.15, 0.2) is 0 Å². The van der Waals surface area contributed by atoms with Gasteiger partial charge in [-0.2, -0.15) is 5.10 Å². The number of hydrogen-bond acceptors (Lipinski definition) is 7. The van der Waals surface area contributed by atoms with Gasteiger partial charge in [-0.25, -0.2) is 14.8 Å². The molecule has 3 amide bonds. The molecule has 0 saturated heterocycles. The standard InChI is InChI=1S/C37H44N8O4/c1-24(2)29-13-7-14-30(25(3)4)33(29)42-37(48)43-34-32(27-11-6-12-28(21-27)49-20-10-18-44-23-38-22-41-44)31-15-8-16-40-35(31)45(36(34)47)19-9-17-39-26(5)46/h6-8,11-16,21-25H,9-10,17-20H2,1-5H3,(H,39,46)(H2,42,43,48). The Bertz CT molecular complexity index is 1940. The SMILES string of the molecule is CC(=O)NCCCn1c(=O)c(NC(=O)Nc2c(C(C)C)cccc2C(C)C)c(-c2cccc(OCCCn3cncn3)c2)c2cccnc21. The lowest BCUT2D eigenvalue weighted by Crippen LogP contribution is -2.31. The second kappa shape index (κ2) is 16.1. The Balaban J connectivity index is 1.55. The summed E-state index contributed by atoms with van der Waals surface area (Å²) in [5, 5.41) is 13.6. The van der Waals surface area contributed by atoms with Crippen LogP contribution in [0.25, 0.3) is 22.2 Å². The van der Waals surface area contributed by atoms with E-state index < -0.39 is 11.6 Å². The van der Waals surface area contributed by atoms with Gasteiger partial charge < -0.3 is 20.7 Å². The number of amides is 3. The van der Waals surface area contributed by atoms with Crippen molar-refractivity contribution in [1.29, 1.82) is 0 Å². The molecule has 2 aromatic carbocycles. The largest absolute Gasteiger partial charge is 0.494 e. The molecule has 5 aromatic rings. The summed E-state index contributed by atoms with van der Waals surface area (Å²) in [4.78, 5) is 48.4. The first-order valence-electron chi connectivity index (χ1n) is 16.7. The van der Waals surface area contributed by atoms with Gasteiger partial charge in [-0.3, -0.25) is 18.8 Å². The quantitative estimate of drug-likeness (QED) is 0.114. The molecule has 3 heterocycles. The Hall–Kier alpha value is -5.52. The van der Waals surface area contributed by atoms with Gasteiger partial charge >= 0.3 is 6.03 Å². The van der Waals surface area contributed by atoms with Gasteiger partial charge in [-0.15, -0.1) is 0 Å². The minimum atomic E-state index is -0.526. The number of para-hydroxylation sites is 1. The van der Waals surface area contributed by atoms with Crippen LogP contribution >= 0.6 is 0 Å². The Morgan fingerprint density at radius 2 is 1.63 bits per heavy atom. The maximum Gasteiger partial charge on any atom is 0.323 e. The Morgan fingerprint density at radius 1 is 0.898 bits per heavy atom. The van der Waals surface area contributed by atoms with E-state index >= 15 is 0 Å². The van der Waals surface area contributed by atoms with Gasteiger partial charge in [0.2, 0.25) is 5.91 Å². The van der Waals surface area contributed by atoms with Crippen molar-refractivity contribution in [2.24, 2.45) is 0 Å². The van der Waals surface area contributed by atoms with Crippen molar-refractivity contribution in [1.82, 2.24) is 29.6 Å². The Morgan fingerprint density at radius 3 is 2.33 bits per heavy atom. The van der Waals surface area contributed by atoms with Crippen molar-refractivity contribution < 1.29 is 14.3 Å². The first-order valence-corrected chi connectivity index (χ1v) is 16.7. The second-order valence-electron chi connectivity index (χ2n) is 12.5. The van der Waals surface area contributed by atoms with E-state index in [0.717, 1.165) is 23.2 Å². The smallest absolute Gasteiger partial charge is 0.323 e. The number of carbonyl (C=O) groups excluding carboxylic acids is 2. The summed E-state index contributed by atoms with van der Waals surface area (Å²) in [6.45, 7) is 11.6. The number of nitrogens with zero attached hydrogens (tertiary/aromatic N) is 5. The summed E-state index contributed by atoms with van der Waals surface area (Å²) in [7, 11) is 0. The van der Waals surface area contributed by atoms with Gasteiger partial charge in [0.25, 0.3) is 5.56 Å². The number of fused-ring (bicyclic) bond motifs is 1. The normalized spacial score (nSPS) is 11.2. The molecular formula is C37H44N8O4. The third-order valence-corrected chi connectivity index (χ3v) is 8.19. The number of carbonyl (C=O) groups is 2. The molecule has 0 saturated carbocycles. The van der Waals surface area contributed by atoms with Gasteiger partial charge in [0, 0.05) is 55.8 Å². The molecule has 0 radical (unpaired) electrons. The van der Waals surface area contributed by atoms with E-state index in [2.05, 4.69) is 58.7 Å². The number of pyridine rings is 2. The van der Waals surface area contributed by atoms with Crippen molar-refractivity contribution in [2.45, 2.75) is 72.4 Å².